The highest BCUT2D eigenvalue weighted by Gasteiger charge is 2.32. The van der Waals surface area contributed by atoms with Crippen LogP contribution in [0.4, 0.5) is 0 Å². The molecule has 0 amide bonds. The Labute approximate surface area is 86.3 Å². The summed E-state index contributed by atoms with van der Waals surface area (Å²) in [6, 6.07) is 0. The number of hydrogen-bond donors (Lipinski definition) is 0. The molecule has 0 spiro atoms. The molecule has 0 bridgehead atoms. The summed E-state index contributed by atoms with van der Waals surface area (Å²) >= 11 is 0. The van der Waals surface area contributed by atoms with E-state index in [-0.39, 0.29) is 11.7 Å². The van der Waals surface area contributed by atoms with E-state index in [2.05, 4.69) is 26.0 Å². The van der Waals surface area contributed by atoms with Crippen molar-refractivity contribution in [2.75, 3.05) is 13.2 Å². The molecule has 0 N–H and O–H groups in total. The third-order valence-electron chi connectivity index (χ3n) is 2.97. The first-order valence-electron chi connectivity index (χ1n) is 5.56. The Morgan fingerprint density at radius 1 is 1.14 bits per heavy atom. The zero-order chi connectivity index (χ0) is 10.0. The van der Waals surface area contributed by atoms with Crippen molar-refractivity contribution in [2.45, 2.75) is 39.4 Å². The monoisotopic (exact) mass is 196 g/mol. The van der Waals surface area contributed by atoms with Crippen LogP contribution >= 0.6 is 0 Å². The van der Waals surface area contributed by atoms with Crippen LogP contribution in [0.25, 0.3) is 0 Å². The Kier molecular flexibility index (Phi) is 2.93. The first-order chi connectivity index (χ1) is 6.67. The average molecular weight is 196 g/mol. The molecule has 0 saturated carbocycles. The maximum absolute atomic E-state index is 5.78. The number of hydrogen-bond acceptors (Lipinski definition) is 2. The highest BCUT2D eigenvalue weighted by Crippen LogP contribution is 2.31. The fourth-order valence-corrected chi connectivity index (χ4v) is 2.04. The summed E-state index contributed by atoms with van der Waals surface area (Å²) in [6.07, 6.45) is 8.06. The third kappa shape index (κ3) is 2.37. The maximum atomic E-state index is 5.78. The lowest BCUT2D eigenvalue weighted by molar-refractivity contribution is -0.243. The topological polar surface area (TPSA) is 18.5 Å². The van der Waals surface area contributed by atoms with Gasteiger partial charge in [0.1, 0.15) is 0 Å². The van der Waals surface area contributed by atoms with Crippen molar-refractivity contribution in [1.29, 1.82) is 0 Å². The smallest absolute Gasteiger partial charge is 0.160 e. The Balaban J connectivity index is 1.85. The first-order valence-corrected chi connectivity index (χ1v) is 5.56. The molecule has 0 radical (unpaired) electrons. The standard InChI is InChI=1S/C12H20O2/c1-12(2)8-13-11(14-9-12)10-6-4-3-5-7-10/h3-4,10-11H,5-9H2,1-2H3. The van der Waals surface area contributed by atoms with Gasteiger partial charge in [-0.05, 0) is 19.3 Å². The van der Waals surface area contributed by atoms with E-state index in [1.165, 1.54) is 12.8 Å². The molecule has 2 rings (SSSR count). The molecule has 2 nitrogen and oxygen atoms in total. The summed E-state index contributed by atoms with van der Waals surface area (Å²) in [5.41, 5.74) is 0.195. The van der Waals surface area contributed by atoms with Crippen LogP contribution in [0.5, 0.6) is 0 Å². The molecular weight excluding hydrogens is 176 g/mol. The van der Waals surface area contributed by atoms with E-state index in [0.717, 1.165) is 19.6 Å². The summed E-state index contributed by atoms with van der Waals surface area (Å²) < 4.78 is 11.6. The van der Waals surface area contributed by atoms with E-state index in [1.807, 2.05) is 0 Å². The minimum atomic E-state index is 0.0491. The van der Waals surface area contributed by atoms with Gasteiger partial charge >= 0.3 is 0 Å². The van der Waals surface area contributed by atoms with Gasteiger partial charge < -0.3 is 9.47 Å². The van der Waals surface area contributed by atoms with Crippen molar-refractivity contribution in [3.8, 4) is 0 Å². The van der Waals surface area contributed by atoms with Gasteiger partial charge in [0.25, 0.3) is 0 Å². The van der Waals surface area contributed by atoms with E-state index in [4.69, 9.17) is 9.47 Å². The second-order valence-electron chi connectivity index (χ2n) is 5.20. The van der Waals surface area contributed by atoms with Crippen molar-refractivity contribution < 1.29 is 9.47 Å². The maximum Gasteiger partial charge on any atom is 0.160 e. The Morgan fingerprint density at radius 2 is 1.86 bits per heavy atom. The van der Waals surface area contributed by atoms with Crippen LogP contribution in [0.3, 0.4) is 0 Å². The van der Waals surface area contributed by atoms with E-state index >= 15 is 0 Å². The molecule has 1 aliphatic heterocycles. The van der Waals surface area contributed by atoms with Crippen molar-refractivity contribution in [1.82, 2.24) is 0 Å². The second kappa shape index (κ2) is 4.03. The molecule has 1 heterocycles. The van der Waals surface area contributed by atoms with E-state index < -0.39 is 0 Å². The van der Waals surface area contributed by atoms with Gasteiger partial charge in [0, 0.05) is 11.3 Å². The lowest BCUT2D eigenvalue weighted by atomic mass is 9.91. The highest BCUT2D eigenvalue weighted by atomic mass is 16.7. The molecule has 0 aromatic rings. The van der Waals surface area contributed by atoms with E-state index in [1.54, 1.807) is 0 Å². The molecule has 2 heteroatoms. The average Bonchev–Trinajstić information content (AvgIpc) is 2.19. The minimum Gasteiger partial charge on any atom is -0.352 e. The summed E-state index contributed by atoms with van der Waals surface area (Å²) in [5, 5.41) is 0. The van der Waals surface area contributed by atoms with Gasteiger partial charge in [0.15, 0.2) is 6.29 Å². The van der Waals surface area contributed by atoms with Crippen LogP contribution in [-0.2, 0) is 9.47 Å². The second-order valence-corrected chi connectivity index (χ2v) is 5.20. The van der Waals surface area contributed by atoms with Gasteiger partial charge in [0.2, 0.25) is 0 Å². The molecule has 0 aromatic carbocycles. The van der Waals surface area contributed by atoms with Crippen LogP contribution in [0.1, 0.15) is 33.1 Å². The summed E-state index contributed by atoms with van der Waals surface area (Å²) in [5.74, 6) is 0.580. The summed E-state index contributed by atoms with van der Waals surface area (Å²) in [7, 11) is 0. The lowest BCUT2D eigenvalue weighted by Gasteiger charge is -2.38. The molecule has 80 valence electrons. The van der Waals surface area contributed by atoms with Crippen molar-refractivity contribution in [3.63, 3.8) is 0 Å². The molecule has 14 heavy (non-hydrogen) atoms. The van der Waals surface area contributed by atoms with Gasteiger partial charge in [-0.1, -0.05) is 26.0 Å². The lowest BCUT2D eigenvalue weighted by Crippen LogP contribution is -2.41. The van der Waals surface area contributed by atoms with Crippen LogP contribution in [-0.4, -0.2) is 19.5 Å². The van der Waals surface area contributed by atoms with Gasteiger partial charge in [-0.15, -0.1) is 0 Å². The van der Waals surface area contributed by atoms with Gasteiger partial charge in [-0.2, -0.15) is 0 Å². The van der Waals surface area contributed by atoms with Crippen molar-refractivity contribution in [3.05, 3.63) is 12.2 Å². The predicted octanol–water partition coefficient (Wildman–Crippen LogP) is 2.74. The quantitative estimate of drug-likeness (QED) is 0.600. The predicted molar refractivity (Wildman–Crippen MR) is 56.0 cm³/mol. The molecule has 1 fully saturated rings. The fourth-order valence-electron chi connectivity index (χ4n) is 2.04. The van der Waals surface area contributed by atoms with Gasteiger partial charge in [-0.3, -0.25) is 0 Å². The van der Waals surface area contributed by atoms with E-state index in [0.29, 0.717) is 5.92 Å². The largest absolute Gasteiger partial charge is 0.352 e. The van der Waals surface area contributed by atoms with Crippen molar-refractivity contribution >= 4 is 0 Å². The number of allylic oxidation sites excluding steroid dienone is 2. The summed E-state index contributed by atoms with van der Waals surface area (Å²) in [6.45, 7) is 6.03. The Hall–Kier alpha value is -0.340. The number of ether oxygens (including phenoxy) is 2. The van der Waals surface area contributed by atoms with Crippen molar-refractivity contribution in [2.24, 2.45) is 11.3 Å². The molecule has 1 aliphatic carbocycles. The molecule has 1 unspecified atom stereocenters. The molecule has 0 aromatic heterocycles. The Morgan fingerprint density at radius 3 is 2.43 bits per heavy atom. The zero-order valence-electron chi connectivity index (χ0n) is 9.16. The molecular formula is C12H20O2. The highest BCUT2D eigenvalue weighted by molar-refractivity contribution is 4.91. The fraction of sp³-hybridized carbons (Fsp3) is 0.833. The molecule has 1 saturated heterocycles. The van der Waals surface area contributed by atoms with Gasteiger partial charge in [-0.25, -0.2) is 0 Å². The SMILES string of the molecule is CC1(C)COC(C2CC=CCC2)OC1. The van der Waals surface area contributed by atoms with Crippen LogP contribution in [0.2, 0.25) is 0 Å². The molecule has 1 atom stereocenters. The third-order valence-corrected chi connectivity index (χ3v) is 2.97. The van der Waals surface area contributed by atoms with Crippen LogP contribution in [0, 0.1) is 11.3 Å². The normalized spacial score (nSPS) is 33.1. The van der Waals surface area contributed by atoms with Crippen LogP contribution in [0.15, 0.2) is 12.2 Å². The Bertz CT molecular complexity index is 210. The van der Waals surface area contributed by atoms with E-state index in [9.17, 15) is 0 Å². The minimum absolute atomic E-state index is 0.0491. The van der Waals surface area contributed by atoms with Crippen LogP contribution < -0.4 is 0 Å². The number of rotatable bonds is 1. The van der Waals surface area contributed by atoms with Gasteiger partial charge in [0.05, 0.1) is 13.2 Å². The first kappa shape index (κ1) is 10.2. The molecule has 2 aliphatic rings. The zero-order valence-corrected chi connectivity index (χ0v) is 9.16. The summed E-state index contributed by atoms with van der Waals surface area (Å²) in [4.78, 5) is 0.